The fourth-order valence-corrected chi connectivity index (χ4v) is 2.19. The number of aliphatic imine (C=N–C) groups is 1. The first-order valence-corrected chi connectivity index (χ1v) is 6.29. The molecule has 5 nitrogen and oxygen atoms in total. The molecule has 1 saturated carbocycles. The van der Waals surface area contributed by atoms with Gasteiger partial charge in [-0.2, -0.15) is 5.10 Å². The summed E-state index contributed by atoms with van der Waals surface area (Å²) in [5.74, 6) is 0.570. The molecule has 1 aromatic heterocycles. The van der Waals surface area contributed by atoms with Crippen LogP contribution in [0.15, 0.2) is 17.4 Å². The number of nitrogens with two attached hydrogens (primary N) is 1. The monoisotopic (exact) mass is 363 g/mol. The van der Waals surface area contributed by atoms with Crippen LogP contribution in [-0.4, -0.2) is 28.3 Å². The Bertz CT molecular complexity index is 382. The normalized spacial score (nSPS) is 16.6. The van der Waals surface area contributed by atoms with Crippen molar-refractivity contribution in [2.24, 2.45) is 10.7 Å². The van der Waals surface area contributed by atoms with E-state index in [-0.39, 0.29) is 24.0 Å². The van der Waals surface area contributed by atoms with E-state index >= 15 is 0 Å². The third-order valence-corrected chi connectivity index (χ3v) is 3.08. The number of aryl methyl sites for hydroxylation is 1. The molecule has 0 aromatic carbocycles. The van der Waals surface area contributed by atoms with Crippen LogP contribution in [-0.2, 0) is 6.54 Å². The molecule has 6 heteroatoms. The molecular weight excluding hydrogens is 341 g/mol. The summed E-state index contributed by atoms with van der Waals surface area (Å²) >= 11 is 0. The van der Waals surface area contributed by atoms with Crippen LogP contribution in [0.2, 0.25) is 0 Å². The summed E-state index contributed by atoms with van der Waals surface area (Å²) in [5, 5.41) is 7.47. The van der Waals surface area contributed by atoms with Gasteiger partial charge in [-0.05, 0) is 25.3 Å². The average Bonchev–Trinajstić information content (AvgIpc) is 2.90. The average molecular weight is 363 g/mol. The maximum Gasteiger partial charge on any atom is 0.188 e. The van der Waals surface area contributed by atoms with Crippen molar-refractivity contribution in [3.8, 4) is 0 Å². The van der Waals surface area contributed by atoms with E-state index in [1.54, 1.807) is 0 Å². The highest BCUT2D eigenvalue weighted by atomic mass is 127. The third kappa shape index (κ3) is 4.83. The van der Waals surface area contributed by atoms with Crippen molar-refractivity contribution in [3.05, 3.63) is 18.0 Å². The summed E-state index contributed by atoms with van der Waals surface area (Å²) in [4.78, 5) is 4.31. The molecule has 3 N–H and O–H groups in total. The largest absolute Gasteiger partial charge is 0.370 e. The third-order valence-electron chi connectivity index (χ3n) is 3.08. The Morgan fingerprint density at radius 1 is 1.56 bits per heavy atom. The highest BCUT2D eigenvalue weighted by Gasteiger charge is 2.14. The molecule has 102 valence electrons. The Hall–Kier alpha value is -0.790. The van der Waals surface area contributed by atoms with Gasteiger partial charge in [-0.25, -0.2) is 0 Å². The standard InChI is InChI=1S/C12H21N5.HI/c1-10-8-15-17(9-10)7-6-14-12(13)16-11-4-2-3-5-11;/h8-9,11H,2-7H2,1H3,(H3,13,14,16);1H. The van der Waals surface area contributed by atoms with Crippen molar-refractivity contribution in [1.29, 1.82) is 0 Å². The minimum Gasteiger partial charge on any atom is -0.370 e. The molecule has 18 heavy (non-hydrogen) atoms. The van der Waals surface area contributed by atoms with Crippen LogP contribution in [0.1, 0.15) is 31.2 Å². The van der Waals surface area contributed by atoms with Crippen LogP contribution in [0.25, 0.3) is 0 Å². The second-order valence-electron chi connectivity index (χ2n) is 4.67. The smallest absolute Gasteiger partial charge is 0.188 e. The summed E-state index contributed by atoms with van der Waals surface area (Å²) in [5.41, 5.74) is 7.00. The van der Waals surface area contributed by atoms with Crippen LogP contribution in [0.5, 0.6) is 0 Å². The molecule has 1 heterocycles. The highest BCUT2D eigenvalue weighted by Crippen LogP contribution is 2.17. The zero-order valence-corrected chi connectivity index (χ0v) is 13.1. The van der Waals surface area contributed by atoms with Gasteiger partial charge >= 0.3 is 0 Å². The lowest BCUT2D eigenvalue weighted by Gasteiger charge is -2.12. The summed E-state index contributed by atoms with van der Waals surface area (Å²) < 4.78 is 1.89. The predicted molar refractivity (Wildman–Crippen MR) is 84.3 cm³/mol. The first-order chi connectivity index (χ1) is 8.24. The Balaban J connectivity index is 0.00000162. The zero-order valence-electron chi connectivity index (χ0n) is 10.8. The minimum absolute atomic E-state index is 0. The van der Waals surface area contributed by atoms with Crippen molar-refractivity contribution >= 4 is 29.9 Å². The van der Waals surface area contributed by atoms with Gasteiger partial charge in [0.1, 0.15) is 0 Å². The summed E-state index contributed by atoms with van der Waals surface area (Å²) in [6.45, 7) is 3.48. The molecule has 1 aromatic rings. The van der Waals surface area contributed by atoms with E-state index < -0.39 is 0 Å². The van der Waals surface area contributed by atoms with Gasteiger partial charge in [-0.15, -0.1) is 24.0 Å². The van der Waals surface area contributed by atoms with Gasteiger partial charge in [-0.3, -0.25) is 9.67 Å². The van der Waals surface area contributed by atoms with Gasteiger partial charge in [0.2, 0.25) is 0 Å². The van der Waals surface area contributed by atoms with Gasteiger partial charge in [0.05, 0.1) is 19.3 Å². The molecule has 0 bridgehead atoms. The second kappa shape index (κ2) is 7.60. The Labute approximate surface area is 125 Å². The highest BCUT2D eigenvalue weighted by molar-refractivity contribution is 14.0. The van der Waals surface area contributed by atoms with Crippen LogP contribution < -0.4 is 11.1 Å². The fourth-order valence-electron chi connectivity index (χ4n) is 2.19. The van der Waals surface area contributed by atoms with E-state index in [2.05, 4.69) is 15.4 Å². The first kappa shape index (κ1) is 15.3. The van der Waals surface area contributed by atoms with Crippen LogP contribution in [0, 0.1) is 6.92 Å². The number of nitrogens with one attached hydrogen (secondary N) is 1. The molecule has 2 rings (SSSR count). The number of aromatic nitrogens is 2. The van der Waals surface area contributed by atoms with E-state index in [0.29, 0.717) is 18.5 Å². The molecule has 1 fully saturated rings. The SMILES string of the molecule is Cc1cnn(CCN=C(N)NC2CCCC2)c1.I. The fraction of sp³-hybridized carbons (Fsp3) is 0.667. The zero-order chi connectivity index (χ0) is 12.1. The van der Waals surface area contributed by atoms with Crippen LogP contribution in [0.4, 0.5) is 0 Å². The number of nitrogens with zero attached hydrogens (tertiary/aromatic N) is 3. The number of hydrogen-bond donors (Lipinski definition) is 2. The lowest BCUT2D eigenvalue weighted by molar-refractivity contribution is 0.608. The lowest BCUT2D eigenvalue weighted by Crippen LogP contribution is -2.38. The van der Waals surface area contributed by atoms with Crippen molar-refractivity contribution in [2.75, 3.05) is 6.54 Å². The second-order valence-corrected chi connectivity index (χ2v) is 4.67. The topological polar surface area (TPSA) is 68.2 Å². The number of guanidine groups is 1. The lowest BCUT2D eigenvalue weighted by atomic mass is 10.2. The minimum atomic E-state index is 0. The summed E-state index contributed by atoms with van der Waals surface area (Å²) in [6, 6.07) is 0.533. The Kier molecular flexibility index (Phi) is 6.45. The molecule has 0 atom stereocenters. The molecule has 0 aliphatic heterocycles. The first-order valence-electron chi connectivity index (χ1n) is 6.29. The molecule has 0 unspecified atom stereocenters. The predicted octanol–water partition coefficient (Wildman–Crippen LogP) is 1.66. The summed E-state index contributed by atoms with van der Waals surface area (Å²) in [7, 11) is 0. The van der Waals surface area contributed by atoms with Crippen molar-refractivity contribution in [3.63, 3.8) is 0 Å². The van der Waals surface area contributed by atoms with E-state index in [0.717, 1.165) is 6.54 Å². The van der Waals surface area contributed by atoms with E-state index in [1.807, 2.05) is 24.0 Å². The van der Waals surface area contributed by atoms with Gasteiger partial charge in [-0.1, -0.05) is 12.8 Å². The molecule has 1 aliphatic rings. The number of hydrogen-bond acceptors (Lipinski definition) is 2. The number of rotatable bonds is 4. The quantitative estimate of drug-likeness (QED) is 0.486. The Morgan fingerprint density at radius 3 is 2.89 bits per heavy atom. The maximum atomic E-state index is 5.83. The van der Waals surface area contributed by atoms with E-state index in [1.165, 1.54) is 31.2 Å². The molecule has 1 aliphatic carbocycles. The van der Waals surface area contributed by atoms with Crippen molar-refractivity contribution in [1.82, 2.24) is 15.1 Å². The van der Waals surface area contributed by atoms with Crippen molar-refractivity contribution in [2.45, 2.75) is 45.2 Å². The van der Waals surface area contributed by atoms with Crippen molar-refractivity contribution < 1.29 is 0 Å². The molecule has 0 amide bonds. The molecule has 0 radical (unpaired) electrons. The van der Waals surface area contributed by atoms with E-state index in [4.69, 9.17) is 5.73 Å². The van der Waals surface area contributed by atoms with Crippen LogP contribution in [0.3, 0.4) is 0 Å². The van der Waals surface area contributed by atoms with Gasteiger partial charge in [0, 0.05) is 12.2 Å². The molecule has 0 spiro atoms. The number of halogens is 1. The van der Waals surface area contributed by atoms with Crippen LogP contribution >= 0.6 is 24.0 Å². The van der Waals surface area contributed by atoms with Gasteiger partial charge in [0.15, 0.2) is 5.96 Å². The summed E-state index contributed by atoms with van der Waals surface area (Å²) in [6.07, 6.45) is 8.90. The molecular formula is C12H22IN5. The van der Waals surface area contributed by atoms with E-state index in [9.17, 15) is 0 Å². The molecule has 0 saturated heterocycles. The van der Waals surface area contributed by atoms with Gasteiger partial charge in [0.25, 0.3) is 0 Å². The Morgan fingerprint density at radius 2 is 2.28 bits per heavy atom. The maximum absolute atomic E-state index is 5.83. The van der Waals surface area contributed by atoms with Gasteiger partial charge < -0.3 is 11.1 Å².